The third kappa shape index (κ3) is 9.27. The molecule has 108 valence electrons. The SMILES string of the molecule is CCCNC(=O)C(C)NC(C)CCCC(F)(F)F. The third-order valence-corrected chi connectivity index (χ3v) is 2.57. The Hall–Kier alpha value is -0.780. The average molecular weight is 268 g/mol. The first-order chi connectivity index (χ1) is 8.26. The van der Waals surface area contributed by atoms with Crippen LogP contribution in [0, 0.1) is 0 Å². The fourth-order valence-electron chi connectivity index (χ4n) is 1.60. The Kier molecular flexibility index (Phi) is 7.98. The van der Waals surface area contributed by atoms with Crippen molar-refractivity contribution < 1.29 is 18.0 Å². The molecule has 0 aliphatic carbocycles. The summed E-state index contributed by atoms with van der Waals surface area (Å²) in [6.07, 6.45) is -3.51. The standard InChI is InChI=1S/C12H23F3N2O/c1-4-8-16-11(18)10(3)17-9(2)6-5-7-12(13,14)15/h9-10,17H,4-8H2,1-3H3,(H,16,18). The predicted octanol–water partition coefficient (Wildman–Crippen LogP) is 2.61. The van der Waals surface area contributed by atoms with Crippen LogP contribution in [0.4, 0.5) is 13.2 Å². The summed E-state index contributed by atoms with van der Waals surface area (Å²) in [6.45, 7) is 6.08. The Bertz CT molecular complexity index is 244. The van der Waals surface area contributed by atoms with E-state index in [9.17, 15) is 18.0 Å². The Balaban J connectivity index is 3.79. The first kappa shape index (κ1) is 17.2. The van der Waals surface area contributed by atoms with Gasteiger partial charge in [-0.2, -0.15) is 13.2 Å². The molecular weight excluding hydrogens is 245 g/mol. The van der Waals surface area contributed by atoms with E-state index in [0.717, 1.165) is 6.42 Å². The minimum Gasteiger partial charge on any atom is -0.355 e. The highest BCUT2D eigenvalue weighted by atomic mass is 19.4. The van der Waals surface area contributed by atoms with Gasteiger partial charge in [0, 0.05) is 19.0 Å². The summed E-state index contributed by atoms with van der Waals surface area (Å²) >= 11 is 0. The highest BCUT2D eigenvalue weighted by Crippen LogP contribution is 2.22. The molecule has 2 N–H and O–H groups in total. The van der Waals surface area contributed by atoms with Gasteiger partial charge in [0.1, 0.15) is 0 Å². The molecule has 0 rings (SSSR count). The second-order valence-corrected chi connectivity index (χ2v) is 4.59. The third-order valence-electron chi connectivity index (χ3n) is 2.57. The van der Waals surface area contributed by atoms with Crippen molar-refractivity contribution >= 4 is 5.91 Å². The van der Waals surface area contributed by atoms with E-state index < -0.39 is 12.6 Å². The first-order valence-electron chi connectivity index (χ1n) is 6.36. The van der Waals surface area contributed by atoms with Gasteiger partial charge in [-0.1, -0.05) is 6.92 Å². The Labute approximate surface area is 107 Å². The van der Waals surface area contributed by atoms with Gasteiger partial charge < -0.3 is 10.6 Å². The number of hydrogen-bond acceptors (Lipinski definition) is 2. The van der Waals surface area contributed by atoms with E-state index in [2.05, 4.69) is 10.6 Å². The van der Waals surface area contributed by atoms with Crippen molar-refractivity contribution in [2.24, 2.45) is 0 Å². The molecule has 0 saturated carbocycles. The summed E-state index contributed by atoms with van der Waals surface area (Å²) in [5.41, 5.74) is 0. The molecule has 0 bridgehead atoms. The highest BCUT2D eigenvalue weighted by Gasteiger charge is 2.26. The van der Waals surface area contributed by atoms with Gasteiger partial charge in [0.2, 0.25) is 5.91 Å². The number of halogens is 3. The molecule has 2 atom stereocenters. The van der Waals surface area contributed by atoms with Gasteiger partial charge in [-0.15, -0.1) is 0 Å². The maximum atomic E-state index is 12.0. The van der Waals surface area contributed by atoms with Crippen LogP contribution in [0.15, 0.2) is 0 Å². The lowest BCUT2D eigenvalue weighted by atomic mass is 10.1. The molecule has 0 saturated heterocycles. The lowest BCUT2D eigenvalue weighted by Crippen LogP contribution is -2.45. The zero-order valence-electron chi connectivity index (χ0n) is 11.2. The van der Waals surface area contributed by atoms with E-state index in [4.69, 9.17) is 0 Å². The van der Waals surface area contributed by atoms with Crippen molar-refractivity contribution in [1.82, 2.24) is 10.6 Å². The van der Waals surface area contributed by atoms with Crippen LogP contribution in [0.25, 0.3) is 0 Å². The van der Waals surface area contributed by atoms with Crippen molar-refractivity contribution in [3.63, 3.8) is 0 Å². The minimum absolute atomic E-state index is 0.0843. The second-order valence-electron chi connectivity index (χ2n) is 4.59. The fraction of sp³-hybridized carbons (Fsp3) is 0.917. The lowest BCUT2D eigenvalue weighted by Gasteiger charge is -2.19. The van der Waals surface area contributed by atoms with Crippen LogP contribution in [0.2, 0.25) is 0 Å². The van der Waals surface area contributed by atoms with Crippen molar-refractivity contribution in [3.8, 4) is 0 Å². The van der Waals surface area contributed by atoms with Gasteiger partial charge in [-0.05, 0) is 33.1 Å². The monoisotopic (exact) mass is 268 g/mol. The van der Waals surface area contributed by atoms with Gasteiger partial charge >= 0.3 is 6.18 Å². The number of nitrogens with one attached hydrogen (secondary N) is 2. The van der Waals surface area contributed by atoms with E-state index in [0.29, 0.717) is 13.0 Å². The highest BCUT2D eigenvalue weighted by molar-refractivity contribution is 5.81. The molecule has 0 heterocycles. The van der Waals surface area contributed by atoms with Gasteiger partial charge in [0.25, 0.3) is 0 Å². The molecule has 0 spiro atoms. The number of carbonyl (C=O) groups is 1. The molecule has 0 aromatic heterocycles. The number of hydrogen-bond donors (Lipinski definition) is 2. The smallest absolute Gasteiger partial charge is 0.355 e. The summed E-state index contributed by atoms with van der Waals surface area (Å²) in [5, 5.41) is 5.73. The van der Waals surface area contributed by atoms with E-state index >= 15 is 0 Å². The first-order valence-corrected chi connectivity index (χ1v) is 6.36. The van der Waals surface area contributed by atoms with Crippen LogP contribution in [0.5, 0.6) is 0 Å². The van der Waals surface area contributed by atoms with Crippen molar-refractivity contribution in [3.05, 3.63) is 0 Å². The Morgan fingerprint density at radius 3 is 2.39 bits per heavy atom. The molecular formula is C12H23F3N2O. The maximum absolute atomic E-state index is 12.0. The molecule has 1 amide bonds. The van der Waals surface area contributed by atoms with E-state index in [1.165, 1.54) is 0 Å². The number of amides is 1. The van der Waals surface area contributed by atoms with Gasteiger partial charge in [-0.25, -0.2) is 0 Å². The zero-order chi connectivity index (χ0) is 14.2. The van der Waals surface area contributed by atoms with Crippen LogP contribution in [-0.4, -0.2) is 30.7 Å². The topological polar surface area (TPSA) is 41.1 Å². The number of carbonyl (C=O) groups excluding carboxylic acids is 1. The fourth-order valence-corrected chi connectivity index (χ4v) is 1.60. The maximum Gasteiger partial charge on any atom is 0.389 e. The summed E-state index contributed by atoms with van der Waals surface area (Å²) in [6, 6.07) is -0.479. The molecule has 0 aromatic carbocycles. The van der Waals surface area contributed by atoms with E-state index in [1.54, 1.807) is 13.8 Å². The molecule has 2 unspecified atom stereocenters. The number of alkyl halides is 3. The van der Waals surface area contributed by atoms with Crippen LogP contribution in [0.3, 0.4) is 0 Å². The average Bonchev–Trinajstić information content (AvgIpc) is 2.23. The largest absolute Gasteiger partial charge is 0.389 e. The molecule has 3 nitrogen and oxygen atoms in total. The van der Waals surface area contributed by atoms with Gasteiger partial charge in [0.15, 0.2) is 0 Å². The Morgan fingerprint density at radius 2 is 1.89 bits per heavy atom. The summed E-state index contributed by atoms with van der Waals surface area (Å²) in [5.74, 6) is -0.112. The summed E-state index contributed by atoms with van der Waals surface area (Å²) < 4.78 is 35.9. The Morgan fingerprint density at radius 1 is 1.28 bits per heavy atom. The molecule has 18 heavy (non-hydrogen) atoms. The van der Waals surface area contributed by atoms with Gasteiger partial charge in [-0.3, -0.25) is 4.79 Å². The van der Waals surface area contributed by atoms with Crippen LogP contribution in [0.1, 0.15) is 46.5 Å². The van der Waals surface area contributed by atoms with Crippen LogP contribution >= 0.6 is 0 Å². The molecule has 0 aliphatic rings. The quantitative estimate of drug-likeness (QED) is 0.710. The van der Waals surface area contributed by atoms with E-state index in [1.807, 2.05) is 6.92 Å². The minimum atomic E-state index is -4.09. The molecule has 0 fully saturated rings. The molecule has 0 aliphatic heterocycles. The van der Waals surface area contributed by atoms with Crippen LogP contribution in [-0.2, 0) is 4.79 Å². The molecule has 6 heteroatoms. The predicted molar refractivity (Wildman–Crippen MR) is 65.3 cm³/mol. The lowest BCUT2D eigenvalue weighted by molar-refractivity contribution is -0.136. The molecule has 0 radical (unpaired) electrons. The second kappa shape index (κ2) is 8.34. The number of rotatable bonds is 8. The van der Waals surface area contributed by atoms with Crippen molar-refractivity contribution in [2.45, 2.75) is 64.7 Å². The normalized spacial score (nSPS) is 15.2. The summed E-state index contributed by atoms with van der Waals surface area (Å²) in [4.78, 5) is 11.5. The van der Waals surface area contributed by atoms with Crippen LogP contribution < -0.4 is 10.6 Å². The molecule has 0 aromatic rings. The zero-order valence-corrected chi connectivity index (χ0v) is 11.2. The summed E-state index contributed by atoms with van der Waals surface area (Å²) in [7, 11) is 0. The van der Waals surface area contributed by atoms with Gasteiger partial charge in [0.05, 0.1) is 6.04 Å². The van der Waals surface area contributed by atoms with E-state index in [-0.39, 0.29) is 24.4 Å². The van der Waals surface area contributed by atoms with Crippen molar-refractivity contribution in [2.75, 3.05) is 6.54 Å². The van der Waals surface area contributed by atoms with Crippen molar-refractivity contribution in [1.29, 1.82) is 0 Å².